The van der Waals surface area contributed by atoms with E-state index in [4.69, 9.17) is 0 Å². The predicted octanol–water partition coefficient (Wildman–Crippen LogP) is 5.13. The van der Waals surface area contributed by atoms with Gasteiger partial charge in [0.2, 0.25) is 0 Å². The molecule has 4 heteroatoms. The number of carbonyl (C=O) groups excluding carboxylic acids is 1. The van der Waals surface area contributed by atoms with Crippen LogP contribution in [0.4, 0.5) is 0 Å². The molecule has 1 aromatic carbocycles. The van der Waals surface area contributed by atoms with Crippen molar-refractivity contribution in [1.82, 2.24) is 9.78 Å². The van der Waals surface area contributed by atoms with Crippen LogP contribution in [0.1, 0.15) is 53.7 Å². The smallest absolute Gasteiger partial charge is 0.153 e. The summed E-state index contributed by atoms with van der Waals surface area (Å²) >= 11 is 3.63. The van der Waals surface area contributed by atoms with Crippen molar-refractivity contribution in [3.63, 3.8) is 0 Å². The highest BCUT2D eigenvalue weighted by molar-refractivity contribution is 9.11. The Balaban J connectivity index is 1.91. The van der Waals surface area contributed by atoms with E-state index in [1.807, 2.05) is 4.68 Å². The van der Waals surface area contributed by atoms with Gasteiger partial charge in [0.25, 0.3) is 0 Å². The minimum atomic E-state index is 0.114. The van der Waals surface area contributed by atoms with Crippen LogP contribution >= 0.6 is 15.9 Å². The Morgan fingerprint density at radius 2 is 2.04 bits per heavy atom. The van der Waals surface area contributed by atoms with E-state index < -0.39 is 0 Å². The molecule has 0 aliphatic heterocycles. The van der Waals surface area contributed by atoms with Crippen molar-refractivity contribution in [1.29, 1.82) is 0 Å². The van der Waals surface area contributed by atoms with Gasteiger partial charge in [0.15, 0.2) is 6.29 Å². The first-order chi connectivity index (χ1) is 11.1. The highest BCUT2D eigenvalue weighted by atomic mass is 79.9. The van der Waals surface area contributed by atoms with Gasteiger partial charge >= 0.3 is 0 Å². The molecule has 0 spiro atoms. The van der Waals surface area contributed by atoms with Gasteiger partial charge in [0, 0.05) is 12.6 Å². The highest BCUT2D eigenvalue weighted by Crippen LogP contribution is 2.34. The Bertz CT molecular complexity index is 769. The molecule has 1 atom stereocenters. The zero-order valence-electron chi connectivity index (χ0n) is 13.2. The topological polar surface area (TPSA) is 34.9 Å². The van der Waals surface area contributed by atoms with Crippen molar-refractivity contribution in [2.45, 2.75) is 32.2 Å². The zero-order chi connectivity index (χ0) is 16.4. The fraction of sp³-hybridized carbons (Fsp3) is 0.263. The van der Waals surface area contributed by atoms with Gasteiger partial charge in [-0.05, 0) is 33.2 Å². The van der Waals surface area contributed by atoms with Gasteiger partial charge in [0.05, 0.1) is 17.8 Å². The van der Waals surface area contributed by atoms with E-state index in [1.165, 1.54) is 16.7 Å². The van der Waals surface area contributed by atoms with Crippen molar-refractivity contribution in [2.75, 3.05) is 0 Å². The molecule has 3 nitrogen and oxygen atoms in total. The summed E-state index contributed by atoms with van der Waals surface area (Å²) in [4.78, 5) is 10.9. The van der Waals surface area contributed by atoms with Crippen molar-refractivity contribution in [3.8, 4) is 0 Å². The molecule has 23 heavy (non-hydrogen) atoms. The molecule has 2 aromatic rings. The van der Waals surface area contributed by atoms with Gasteiger partial charge in [-0.25, -0.2) is 0 Å². The van der Waals surface area contributed by atoms with E-state index in [9.17, 15) is 4.79 Å². The van der Waals surface area contributed by atoms with Crippen LogP contribution in [0.2, 0.25) is 0 Å². The van der Waals surface area contributed by atoms with E-state index in [2.05, 4.69) is 71.3 Å². The fourth-order valence-electron chi connectivity index (χ4n) is 2.75. The number of aldehydes is 1. The van der Waals surface area contributed by atoms with Gasteiger partial charge in [-0.3, -0.25) is 9.48 Å². The number of aromatic nitrogens is 2. The van der Waals surface area contributed by atoms with E-state index >= 15 is 0 Å². The molecule has 1 aliphatic carbocycles. The van der Waals surface area contributed by atoms with Crippen LogP contribution in [0.3, 0.4) is 0 Å². The molecule has 1 unspecified atom stereocenters. The predicted molar refractivity (Wildman–Crippen MR) is 96.8 cm³/mol. The molecule has 0 fully saturated rings. The Morgan fingerprint density at radius 1 is 1.30 bits per heavy atom. The third kappa shape index (κ3) is 3.53. The number of hydrogen-bond acceptors (Lipinski definition) is 2. The quantitative estimate of drug-likeness (QED) is 0.699. The summed E-state index contributed by atoms with van der Waals surface area (Å²) in [6.45, 7) is 4.40. The van der Waals surface area contributed by atoms with Crippen LogP contribution in [0.5, 0.6) is 0 Å². The standard InChI is InChI=1S/C19H19BrN2O/c1-13(2)15-3-5-16(6-4-15)17-7-18(20)9-19(8-17)22-11-14(12-23)10-21-22/h3-8,10-13,19H,9H2,1-2H3. The number of carbonyl (C=O) groups is 1. The van der Waals surface area contributed by atoms with Gasteiger partial charge < -0.3 is 0 Å². The lowest BCUT2D eigenvalue weighted by Gasteiger charge is -2.20. The summed E-state index contributed by atoms with van der Waals surface area (Å²) in [6, 6.07) is 8.82. The van der Waals surface area contributed by atoms with Crippen molar-refractivity contribution in [3.05, 3.63) is 70.0 Å². The SMILES string of the molecule is CC(C)c1ccc(C2=CC(n3cc(C=O)cn3)CC(Br)=C2)cc1. The maximum Gasteiger partial charge on any atom is 0.153 e. The average molecular weight is 371 g/mol. The van der Waals surface area contributed by atoms with Crippen LogP contribution in [0.25, 0.3) is 5.57 Å². The van der Waals surface area contributed by atoms with Crippen LogP contribution in [0.15, 0.2) is 53.3 Å². The molecule has 3 rings (SSSR count). The number of halogens is 1. The molecular weight excluding hydrogens is 352 g/mol. The second kappa shape index (κ2) is 6.67. The Hall–Kier alpha value is -1.94. The van der Waals surface area contributed by atoms with Gasteiger partial charge in [-0.2, -0.15) is 5.10 Å². The molecule has 1 heterocycles. The number of nitrogens with zero attached hydrogens (tertiary/aromatic N) is 2. The number of hydrogen-bond donors (Lipinski definition) is 0. The van der Waals surface area contributed by atoms with Crippen LogP contribution in [0, 0.1) is 0 Å². The lowest BCUT2D eigenvalue weighted by atomic mass is 9.94. The van der Waals surface area contributed by atoms with Crippen LogP contribution in [-0.4, -0.2) is 16.1 Å². The number of rotatable bonds is 4. The minimum Gasteiger partial charge on any atom is -0.298 e. The summed E-state index contributed by atoms with van der Waals surface area (Å²) in [5.41, 5.74) is 4.31. The second-order valence-corrected chi connectivity index (χ2v) is 7.15. The van der Waals surface area contributed by atoms with Crippen molar-refractivity contribution >= 4 is 27.8 Å². The third-order valence-corrected chi connectivity index (χ3v) is 4.65. The maximum absolute atomic E-state index is 10.9. The van der Waals surface area contributed by atoms with Crippen molar-refractivity contribution < 1.29 is 4.79 Å². The summed E-state index contributed by atoms with van der Waals surface area (Å²) in [6.07, 6.45) is 9.42. The summed E-state index contributed by atoms with van der Waals surface area (Å²) in [7, 11) is 0. The number of allylic oxidation sites excluding steroid dienone is 4. The lowest BCUT2D eigenvalue weighted by Crippen LogP contribution is -2.10. The first-order valence-corrected chi connectivity index (χ1v) is 8.53. The first-order valence-electron chi connectivity index (χ1n) is 7.74. The number of benzene rings is 1. The summed E-state index contributed by atoms with van der Waals surface area (Å²) in [5.74, 6) is 0.533. The molecule has 1 aliphatic rings. The second-order valence-electron chi connectivity index (χ2n) is 6.13. The van der Waals surface area contributed by atoms with Gasteiger partial charge in [-0.15, -0.1) is 0 Å². The van der Waals surface area contributed by atoms with Crippen molar-refractivity contribution in [2.24, 2.45) is 0 Å². The Labute approximate surface area is 144 Å². The monoisotopic (exact) mass is 370 g/mol. The highest BCUT2D eigenvalue weighted by Gasteiger charge is 2.17. The Kier molecular flexibility index (Phi) is 4.62. The third-order valence-electron chi connectivity index (χ3n) is 4.10. The molecule has 118 valence electrons. The van der Waals surface area contributed by atoms with Gasteiger partial charge in [-0.1, -0.05) is 60.1 Å². The summed E-state index contributed by atoms with van der Waals surface area (Å²) < 4.78 is 2.98. The van der Waals surface area contributed by atoms with E-state index in [1.54, 1.807) is 12.4 Å². The largest absolute Gasteiger partial charge is 0.298 e. The maximum atomic E-state index is 10.9. The molecular formula is C19H19BrN2O. The van der Waals surface area contributed by atoms with Crippen LogP contribution < -0.4 is 0 Å². The summed E-state index contributed by atoms with van der Waals surface area (Å²) in [5, 5.41) is 4.30. The van der Waals surface area contributed by atoms with E-state index in [-0.39, 0.29) is 6.04 Å². The normalized spacial score (nSPS) is 17.8. The van der Waals surface area contributed by atoms with E-state index in [0.717, 1.165) is 17.2 Å². The molecule has 0 radical (unpaired) electrons. The zero-order valence-corrected chi connectivity index (χ0v) is 14.8. The minimum absolute atomic E-state index is 0.114. The molecule has 0 saturated carbocycles. The lowest BCUT2D eigenvalue weighted by molar-refractivity contribution is 0.112. The van der Waals surface area contributed by atoms with E-state index in [0.29, 0.717) is 11.5 Å². The average Bonchev–Trinajstić information content (AvgIpc) is 3.03. The Morgan fingerprint density at radius 3 is 2.65 bits per heavy atom. The molecule has 0 bridgehead atoms. The van der Waals surface area contributed by atoms with Gasteiger partial charge in [0.1, 0.15) is 0 Å². The fourth-order valence-corrected chi connectivity index (χ4v) is 3.32. The molecule has 0 amide bonds. The molecule has 1 aromatic heterocycles. The van der Waals surface area contributed by atoms with Crippen LogP contribution in [-0.2, 0) is 0 Å². The molecule has 0 saturated heterocycles. The first kappa shape index (κ1) is 15.9. The molecule has 0 N–H and O–H groups in total.